The summed E-state index contributed by atoms with van der Waals surface area (Å²) in [6.45, 7) is 2.57. The van der Waals surface area contributed by atoms with E-state index in [4.69, 9.17) is 14.7 Å². The van der Waals surface area contributed by atoms with Gasteiger partial charge in [-0.05, 0) is 61.7 Å². The highest BCUT2D eigenvalue weighted by atomic mass is 16.5. The van der Waals surface area contributed by atoms with Crippen LogP contribution in [0.2, 0.25) is 0 Å². The molecule has 2 aliphatic rings. The fourth-order valence-corrected chi connectivity index (χ4v) is 4.40. The van der Waals surface area contributed by atoms with Crippen molar-refractivity contribution in [3.05, 3.63) is 76.9 Å². The number of nitriles is 1. The summed E-state index contributed by atoms with van der Waals surface area (Å²) in [6.07, 6.45) is 3.89. The van der Waals surface area contributed by atoms with Crippen LogP contribution in [0.4, 0.5) is 0 Å². The Morgan fingerprint density at radius 1 is 1.14 bits per heavy atom. The van der Waals surface area contributed by atoms with Crippen molar-refractivity contribution in [3.63, 3.8) is 0 Å². The van der Waals surface area contributed by atoms with Crippen molar-refractivity contribution in [2.24, 2.45) is 0 Å². The molecule has 1 fully saturated rings. The van der Waals surface area contributed by atoms with Crippen LogP contribution in [0.3, 0.4) is 0 Å². The van der Waals surface area contributed by atoms with E-state index < -0.39 is 5.41 Å². The van der Waals surface area contributed by atoms with E-state index in [-0.39, 0.29) is 19.1 Å². The molecule has 0 saturated heterocycles. The quantitative estimate of drug-likeness (QED) is 0.462. The number of amides is 1. The summed E-state index contributed by atoms with van der Waals surface area (Å²) in [5, 5.41) is 21.0. The van der Waals surface area contributed by atoms with Crippen LogP contribution in [0.15, 0.2) is 48.7 Å². The van der Waals surface area contributed by atoms with Crippen LogP contribution >= 0.6 is 0 Å². The Hall–Kier alpha value is -4.29. The molecule has 0 spiro atoms. The molecule has 1 amide bonds. The first kappa shape index (κ1) is 22.2. The Labute approximate surface area is 207 Å². The van der Waals surface area contributed by atoms with Crippen LogP contribution in [0.1, 0.15) is 58.7 Å². The molecule has 0 unspecified atom stereocenters. The van der Waals surface area contributed by atoms with Crippen LogP contribution in [-0.4, -0.2) is 37.7 Å². The van der Waals surface area contributed by atoms with E-state index in [9.17, 15) is 10.1 Å². The van der Waals surface area contributed by atoms with Gasteiger partial charge in [0.2, 0.25) is 0 Å². The van der Waals surface area contributed by atoms with E-state index in [1.165, 1.54) is 19.0 Å². The third-order valence-electron chi connectivity index (χ3n) is 6.65. The number of aromatic nitrogens is 5. The summed E-state index contributed by atoms with van der Waals surface area (Å²) in [5.74, 6) is 0.264. The highest BCUT2D eigenvalue weighted by Crippen LogP contribution is 2.39. The number of rotatable bonds is 5. The van der Waals surface area contributed by atoms with Crippen LogP contribution in [0, 0.1) is 11.3 Å². The Kier molecular flexibility index (Phi) is 5.38. The molecule has 0 bridgehead atoms. The number of carbonyl (C=O) groups is 1. The maximum absolute atomic E-state index is 12.9. The molecule has 36 heavy (non-hydrogen) atoms. The highest BCUT2D eigenvalue weighted by molar-refractivity contribution is 5.94. The molecular weight excluding hydrogens is 454 g/mol. The third kappa shape index (κ3) is 4.16. The standard InChI is InChI=1S/C27H23N7O2/c1-27(14-28)15-36-13-25-19(27)9-17(11-29-25)26(35)30-12-18-10-24-23(34-33-18)8-7-22(32-24)21-4-2-3-20(31-21)16-5-6-16/h2-4,7-11,16H,5-6,12-13,15H2,1H3,(H,30,35)/t27-/m1/s1. The molecule has 4 aromatic rings. The molecule has 1 saturated carbocycles. The molecule has 1 aliphatic carbocycles. The number of carbonyl (C=O) groups excluding carboxylic acids is 1. The Bertz CT molecular complexity index is 1540. The van der Waals surface area contributed by atoms with Gasteiger partial charge < -0.3 is 10.1 Å². The Morgan fingerprint density at radius 2 is 2.00 bits per heavy atom. The van der Waals surface area contributed by atoms with Gasteiger partial charge in [0.15, 0.2) is 0 Å². The SMILES string of the molecule is C[C@@]1(C#N)COCc2ncc(C(=O)NCc3cc4nc(-c5cccc(C6CC6)n5)ccc4nn3)cc21. The normalized spacial score (nSPS) is 18.9. The first-order valence-electron chi connectivity index (χ1n) is 11.9. The van der Waals surface area contributed by atoms with Gasteiger partial charge >= 0.3 is 0 Å². The van der Waals surface area contributed by atoms with Crippen LogP contribution in [-0.2, 0) is 23.3 Å². The zero-order chi connectivity index (χ0) is 24.7. The molecule has 5 heterocycles. The molecule has 6 rings (SSSR count). The number of nitrogens with zero attached hydrogens (tertiary/aromatic N) is 6. The highest BCUT2D eigenvalue weighted by Gasteiger charge is 2.34. The lowest BCUT2D eigenvalue weighted by atomic mass is 9.82. The van der Waals surface area contributed by atoms with Gasteiger partial charge in [-0.3, -0.25) is 14.8 Å². The lowest BCUT2D eigenvalue weighted by Crippen LogP contribution is -2.33. The lowest BCUT2D eigenvalue weighted by Gasteiger charge is -2.29. The minimum Gasteiger partial charge on any atom is -0.373 e. The monoisotopic (exact) mass is 477 g/mol. The summed E-state index contributed by atoms with van der Waals surface area (Å²) >= 11 is 0. The second-order valence-electron chi connectivity index (χ2n) is 9.50. The van der Waals surface area contributed by atoms with Crippen molar-refractivity contribution in [1.82, 2.24) is 30.5 Å². The molecule has 1 aliphatic heterocycles. The molecule has 0 radical (unpaired) electrons. The van der Waals surface area contributed by atoms with Crippen LogP contribution in [0.5, 0.6) is 0 Å². The van der Waals surface area contributed by atoms with Crippen molar-refractivity contribution < 1.29 is 9.53 Å². The summed E-state index contributed by atoms with van der Waals surface area (Å²) in [7, 11) is 0. The van der Waals surface area contributed by atoms with Gasteiger partial charge in [-0.15, -0.1) is 5.10 Å². The summed E-state index contributed by atoms with van der Waals surface area (Å²) in [5.41, 5.74) is 5.62. The third-order valence-corrected chi connectivity index (χ3v) is 6.65. The first-order chi connectivity index (χ1) is 17.5. The molecule has 9 heteroatoms. The van der Waals surface area contributed by atoms with Gasteiger partial charge in [0.05, 0.1) is 59.7 Å². The van der Waals surface area contributed by atoms with E-state index in [0.29, 0.717) is 40.5 Å². The van der Waals surface area contributed by atoms with Crippen molar-refractivity contribution >= 4 is 16.9 Å². The van der Waals surface area contributed by atoms with Gasteiger partial charge in [0.1, 0.15) is 10.9 Å². The maximum Gasteiger partial charge on any atom is 0.253 e. The maximum atomic E-state index is 12.9. The van der Waals surface area contributed by atoms with Gasteiger partial charge in [-0.25, -0.2) is 4.98 Å². The predicted octanol–water partition coefficient (Wildman–Crippen LogP) is 3.60. The van der Waals surface area contributed by atoms with E-state index in [1.807, 2.05) is 30.3 Å². The van der Waals surface area contributed by atoms with Crippen molar-refractivity contribution in [1.29, 1.82) is 5.26 Å². The molecular formula is C27H23N7O2. The largest absolute Gasteiger partial charge is 0.373 e. The predicted molar refractivity (Wildman–Crippen MR) is 131 cm³/mol. The van der Waals surface area contributed by atoms with Gasteiger partial charge in [0.25, 0.3) is 5.91 Å². The second kappa shape index (κ2) is 8.73. The average Bonchev–Trinajstić information content (AvgIpc) is 3.77. The number of ether oxygens (including phenoxy) is 1. The van der Waals surface area contributed by atoms with Crippen LogP contribution < -0.4 is 5.32 Å². The number of nitrogens with one attached hydrogen (secondary N) is 1. The zero-order valence-electron chi connectivity index (χ0n) is 19.7. The second-order valence-corrected chi connectivity index (χ2v) is 9.50. The molecule has 1 N–H and O–H groups in total. The van der Waals surface area contributed by atoms with Gasteiger partial charge in [-0.1, -0.05) is 6.07 Å². The van der Waals surface area contributed by atoms with E-state index in [2.05, 4.69) is 32.6 Å². The molecule has 9 nitrogen and oxygen atoms in total. The minimum atomic E-state index is -0.836. The molecule has 0 aromatic carbocycles. The number of fused-ring (bicyclic) bond motifs is 2. The fraction of sp³-hybridized carbons (Fsp3) is 0.296. The van der Waals surface area contributed by atoms with Crippen molar-refractivity contribution in [3.8, 4) is 17.5 Å². The molecule has 4 aromatic heterocycles. The number of hydrogen-bond donors (Lipinski definition) is 1. The van der Waals surface area contributed by atoms with Gasteiger partial charge in [-0.2, -0.15) is 10.4 Å². The molecule has 178 valence electrons. The zero-order valence-corrected chi connectivity index (χ0v) is 19.7. The Morgan fingerprint density at radius 3 is 2.83 bits per heavy atom. The fourth-order valence-electron chi connectivity index (χ4n) is 4.40. The summed E-state index contributed by atoms with van der Waals surface area (Å²) in [6, 6.07) is 15.7. The summed E-state index contributed by atoms with van der Waals surface area (Å²) < 4.78 is 5.49. The average molecular weight is 478 g/mol. The topological polar surface area (TPSA) is 127 Å². The van der Waals surface area contributed by atoms with Crippen molar-refractivity contribution in [2.75, 3.05) is 6.61 Å². The van der Waals surface area contributed by atoms with E-state index >= 15 is 0 Å². The lowest BCUT2D eigenvalue weighted by molar-refractivity contribution is 0.0726. The van der Waals surface area contributed by atoms with E-state index in [0.717, 1.165) is 22.6 Å². The van der Waals surface area contributed by atoms with Crippen molar-refractivity contribution in [2.45, 2.75) is 44.2 Å². The molecule has 1 atom stereocenters. The van der Waals surface area contributed by atoms with Crippen LogP contribution in [0.25, 0.3) is 22.4 Å². The van der Waals surface area contributed by atoms with E-state index in [1.54, 1.807) is 13.0 Å². The summed E-state index contributed by atoms with van der Waals surface area (Å²) in [4.78, 5) is 26.8. The Balaban J connectivity index is 1.21. The minimum absolute atomic E-state index is 0.179. The number of pyridine rings is 3. The first-order valence-corrected chi connectivity index (χ1v) is 11.9. The smallest absolute Gasteiger partial charge is 0.253 e. The number of hydrogen-bond acceptors (Lipinski definition) is 8. The van der Waals surface area contributed by atoms with Gasteiger partial charge in [0, 0.05) is 17.8 Å².